The highest BCUT2D eigenvalue weighted by Crippen LogP contribution is 2.40. The first-order valence-electron chi connectivity index (χ1n) is 9.83. The fourth-order valence-corrected chi connectivity index (χ4v) is 4.51. The average Bonchev–Trinajstić information content (AvgIpc) is 3.13. The minimum Gasteiger partial charge on any atom is -0.463 e. The number of rotatable bonds is 3. The van der Waals surface area contributed by atoms with Crippen molar-refractivity contribution in [1.29, 1.82) is 0 Å². The van der Waals surface area contributed by atoms with Crippen LogP contribution in [-0.4, -0.2) is 36.5 Å². The van der Waals surface area contributed by atoms with Crippen molar-refractivity contribution in [2.45, 2.75) is 32.0 Å². The Bertz CT molecular complexity index is 856. The lowest BCUT2D eigenvalue weighted by Crippen LogP contribution is -2.57. The number of fused-ring (bicyclic) bond motifs is 4. The number of aryl methyl sites for hydroxylation is 1. The Morgan fingerprint density at radius 1 is 1.15 bits per heavy atom. The van der Waals surface area contributed by atoms with Crippen LogP contribution in [0.15, 0.2) is 42.5 Å². The predicted octanol–water partition coefficient (Wildman–Crippen LogP) is 3.32. The van der Waals surface area contributed by atoms with Crippen molar-refractivity contribution in [1.82, 2.24) is 10.2 Å². The van der Waals surface area contributed by atoms with Gasteiger partial charge < -0.3 is 20.3 Å². The topological polar surface area (TPSA) is 53.6 Å². The number of piperidine rings is 3. The maximum absolute atomic E-state index is 13.0. The predicted molar refractivity (Wildman–Crippen MR) is 105 cm³/mol. The molecule has 3 fully saturated rings. The average molecular weight is 363 g/mol. The lowest BCUT2D eigenvalue weighted by atomic mass is 9.84. The van der Waals surface area contributed by atoms with E-state index in [0.717, 1.165) is 17.8 Å². The molecule has 2 aromatic rings. The van der Waals surface area contributed by atoms with Crippen LogP contribution in [0.2, 0.25) is 0 Å². The summed E-state index contributed by atoms with van der Waals surface area (Å²) in [6, 6.07) is 14.3. The molecule has 6 rings (SSSR count). The number of carbonyl (C=O) groups excluding carboxylic acids is 1. The monoisotopic (exact) mass is 363 g/mol. The number of nitrogens with zero attached hydrogens (tertiary/aromatic N) is 1. The zero-order chi connectivity index (χ0) is 18.4. The molecule has 0 radical (unpaired) electrons. The standard InChI is InChI=1S/C22H25N3O2/c1-14-5-7-16(8-6-14)22-24-18-4-2-3-17(20(18)27-22)21(26)23-19-13-25-11-9-15(19)10-12-25/h2-8,15,19,22,24H,9-13H2,1H3,(H,23,26). The summed E-state index contributed by atoms with van der Waals surface area (Å²) >= 11 is 0. The molecule has 0 aromatic heterocycles. The summed E-state index contributed by atoms with van der Waals surface area (Å²) in [5, 5.41) is 6.66. The molecule has 0 saturated carbocycles. The van der Waals surface area contributed by atoms with E-state index in [9.17, 15) is 4.79 Å². The quantitative estimate of drug-likeness (QED) is 0.878. The van der Waals surface area contributed by atoms with Crippen LogP contribution in [-0.2, 0) is 0 Å². The normalized spacial score (nSPS) is 28.2. The SMILES string of the molecule is Cc1ccc(C2Nc3cccc(C(=O)NC4CN5CCC4CC5)c3O2)cc1. The summed E-state index contributed by atoms with van der Waals surface area (Å²) in [7, 11) is 0. The number of amides is 1. The third-order valence-corrected chi connectivity index (χ3v) is 6.13. The first-order chi connectivity index (χ1) is 13.2. The van der Waals surface area contributed by atoms with Crippen LogP contribution in [0.4, 0.5) is 5.69 Å². The summed E-state index contributed by atoms with van der Waals surface area (Å²) in [5.41, 5.74) is 3.76. The number of hydrogen-bond acceptors (Lipinski definition) is 4. The zero-order valence-corrected chi connectivity index (χ0v) is 15.6. The highest BCUT2D eigenvalue weighted by Gasteiger charge is 2.36. The molecule has 4 aliphatic heterocycles. The second-order valence-corrected chi connectivity index (χ2v) is 7.95. The van der Waals surface area contributed by atoms with Gasteiger partial charge in [-0.05, 0) is 50.9 Å². The third kappa shape index (κ3) is 3.06. The molecule has 5 heteroatoms. The smallest absolute Gasteiger partial charge is 0.255 e. The number of nitrogens with one attached hydrogen (secondary N) is 2. The molecule has 4 aliphatic rings. The van der Waals surface area contributed by atoms with Gasteiger partial charge >= 0.3 is 0 Å². The maximum Gasteiger partial charge on any atom is 0.255 e. The van der Waals surface area contributed by atoms with Gasteiger partial charge in [0, 0.05) is 18.2 Å². The first-order valence-corrected chi connectivity index (χ1v) is 9.83. The molecule has 2 aromatic carbocycles. The first kappa shape index (κ1) is 16.6. The molecule has 5 nitrogen and oxygen atoms in total. The number of para-hydroxylation sites is 1. The highest BCUT2D eigenvalue weighted by atomic mass is 16.5. The van der Waals surface area contributed by atoms with Crippen LogP contribution in [0.5, 0.6) is 5.75 Å². The number of carbonyl (C=O) groups is 1. The van der Waals surface area contributed by atoms with Crippen molar-refractivity contribution >= 4 is 11.6 Å². The van der Waals surface area contributed by atoms with Crippen molar-refractivity contribution in [3.05, 3.63) is 59.2 Å². The molecule has 3 saturated heterocycles. The van der Waals surface area contributed by atoms with E-state index in [0.29, 0.717) is 17.2 Å². The molecular weight excluding hydrogens is 338 g/mol. The lowest BCUT2D eigenvalue weighted by Gasteiger charge is -2.44. The van der Waals surface area contributed by atoms with Crippen LogP contribution in [0.1, 0.15) is 40.6 Å². The molecule has 1 amide bonds. The molecule has 2 atom stereocenters. The second-order valence-electron chi connectivity index (χ2n) is 7.95. The Morgan fingerprint density at radius 2 is 1.93 bits per heavy atom. The summed E-state index contributed by atoms with van der Waals surface area (Å²) in [6.07, 6.45) is 2.11. The Hall–Kier alpha value is -2.53. The summed E-state index contributed by atoms with van der Waals surface area (Å²) < 4.78 is 6.15. The van der Waals surface area contributed by atoms with Crippen LogP contribution in [0.25, 0.3) is 0 Å². The van der Waals surface area contributed by atoms with Gasteiger partial charge in [-0.2, -0.15) is 0 Å². The fourth-order valence-electron chi connectivity index (χ4n) is 4.51. The summed E-state index contributed by atoms with van der Waals surface area (Å²) in [4.78, 5) is 15.4. The van der Waals surface area contributed by atoms with Gasteiger partial charge in [0.25, 0.3) is 5.91 Å². The van der Waals surface area contributed by atoms with Gasteiger partial charge in [0.15, 0.2) is 12.0 Å². The van der Waals surface area contributed by atoms with Gasteiger partial charge in [0.1, 0.15) is 0 Å². The zero-order valence-electron chi connectivity index (χ0n) is 15.6. The highest BCUT2D eigenvalue weighted by molar-refractivity contribution is 5.99. The van der Waals surface area contributed by atoms with E-state index in [1.165, 1.54) is 31.5 Å². The van der Waals surface area contributed by atoms with Gasteiger partial charge in [0.2, 0.25) is 0 Å². The van der Waals surface area contributed by atoms with Crippen LogP contribution < -0.4 is 15.4 Å². The van der Waals surface area contributed by atoms with E-state index in [4.69, 9.17) is 4.74 Å². The fraction of sp³-hybridized carbons (Fsp3) is 0.409. The molecular formula is C22H25N3O2. The Morgan fingerprint density at radius 3 is 2.63 bits per heavy atom. The molecule has 27 heavy (non-hydrogen) atoms. The van der Waals surface area contributed by atoms with E-state index in [2.05, 4.69) is 46.7 Å². The summed E-state index contributed by atoms with van der Waals surface area (Å²) in [5.74, 6) is 1.23. The number of anilines is 1. The number of benzene rings is 2. The van der Waals surface area contributed by atoms with Crippen molar-refractivity contribution in [2.75, 3.05) is 25.0 Å². The minimum absolute atomic E-state index is 0.0306. The van der Waals surface area contributed by atoms with E-state index in [-0.39, 0.29) is 18.2 Å². The van der Waals surface area contributed by atoms with E-state index in [1.54, 1.807) is 0 Å². The van der Waals surface area contributed by atoms with Gasteiger partial charge in [-0.25, -0.2) is 0 Å². The van der Waals surface area contributed by atoms with Crippen molar-refractivity contribution in [2.24, 2.45) is 5.92 Å². The van der Waals surface area contributed by atoms with Gasteiger partial charge in [-0.3, -0.25) is 4.79 Å². The minimum atomic E-state index is -0.258. The molecule has 4 heterocycles. The second kappa shape index (κ2) is 6.57. The summed E-state index contributed by atoms with van der Waals surface area (Å²) in [6.45, 7) is 5.38. The molecule has 140 valence electrons. The van der Waals surface area contributed by atoms with Gasteiger partial charge in [0.05, 0.1) is 11.3 Å². The van der Waals surface area contributed by atoms with Crippen molar-refractivity contribution in [3.63, 3.8) is 0 Å². The Kier molecular flexibility index (Phi) is 4.05. The van der Waals surface area contributed by atoms with Crippen LogP contribution >= 0.6 is 0 Å². The van der Waals surface area contributed by atoms with E-state index < -0.39 is 0 Å². The van der Waals surface area contributed by atoms with Crippen LogP contribution in [0, 0.1) is 12.8 Å². The van der Waals surface area contributed by atoms with Crippen molar-refractivity contribution < 1.29 is 9.53 Å². The van der Waals surface area contributed by atoms with E-state index in [1.807, 2.05) is 18.2 Å². The van der Waals surface area contributed by atoms with E-state index >= 15 is 0 Å². The van der Waals surface area contributed by atoms with Crippen LogP contribution in [0.3, 0.4) is 0 Å². The van der Waals surface area contributed by atoms with Crippen molar-refractivity contribution in [3.8, 4) is 5.75 Å². The molecule has 0 aliphatic carbocycles. The Labute approximate surface area is 159 Å². The Balaban J connectivity index is 1.34. The van der Waals surface area contributed by atoms with Gasteiger partial charge in [-0.1, -0.05) is 35.9 Å². The third-order valence-electron chi connectivity index (χ3n) is 6.13. The maximum atomic E-state index is 13.0. The molecule has 2 unspecified atom stereocenters. The number of hydrogen-bond donors (Lipinski definition) is 2. The largest absolute Gasteiger partial charge is 0.463 e. The lowest BCUT2D eigenvalue weighted by molar-refractivity contribution is 0.0618. The van der Waals surface area contributed by atoms with Gasteiger partial charge in [-0.15, -0.1) is 0 Å². The molecule has 2 N–H and O–H groups in total. The molecule has 0 spiro atoms. The molecule has 2 bridgehead atoms. The number of ether oxygens (including phenoxy) is 1.